The number of aliphatic hydroxyl groups excluding tert-OH is 1. The maximum absolute atomic E-state index is 12.4. The summed E-state index contributed by atoms with van der Waals surface area (Å²) in [4.78, 5) is 18.1. The van der Waals surface area contributed by atoms with E-state index in [0.717, 1.165) is 6.42 Å². The summed E-state index contributed by atoms with van der Waals surface area (Å²) in [5.74, 6) is 5.23. The second-order valence-corrected chi connectivity index (χ2v) is 4.28. The van der Waals surface area contributed by atoms with Crippen LogP contribution in [0.15, 0.2) is 18.5 Å². The molecular formula is C14H16N2O3. The molecule has 1 N–H and O–H groups in total. The van der Waals surface area contributed by atoms with Gasteiger partial charge in [-0.2, -0.15) is 0 Å². The Bertz CT molecular complexity index is 519. The zero-order chi connectivity index (χ0) is 13.7. The predicted molar refractivity (Wildman–Crippen MR) is 69.5 cm³/mol. The minimum atomic E-state index is -0.238. The SMILES string of the molecule is COC1CCN(C(=O)c2ccncc2C#CCO)C1. The van der Waals surface area contributed by atoms with Crippen LogP contribution in [-0.2, 0) is 4.74 Å². The van der Waals surface area contributed by atoms with Gasteiger partial charge >= 0.3 is 0 Å². The molecule has 0 saturated carbocycles. The molecule has 5 heteroatoms. The third-order valence-corrected chi connectivity index (χ3v) is 3.12. The molecule has 1 unspecified atom stereocenters. The number of aromatic nitrogens is 1. The summed E-state index contributed by atoms with van der Waals surface area (Å²) in [6, 6.07) is 1.66. The molecule has 0 radical (unpaired) electrons. The van der Waals surface area contributed by atoms with Crippen LogP contribution in [0, 0.1) is 11.8 Å². The number of carbonyl (C=O) groups excluding carboxylic acids is 1. The molecule has 1 aliphatic rings. The van der Waals surface area contributed by atoms with Crippen LogP contribution in [0.3, 0.4) is 0 Å². The number of ether oxygens (including phenoxy) is 1. The largest absolute Gasteiger partial charge is 0.384 e. The van der Waals surface area contributed by atoms with Gasteiger partial charge in [0.1, 0.15) is 6.61 Å². The summed E-state index contributed by atoms with van der Waals surface area (Å²) in [5, 5.41) is 8.73. The van der Waals surface area contributed by atoms with Crippen molar-refractivity contribution in [1.82, 2.24) is 9.88 Å². The van der Waals surface area contributed by atoms with Crippen molar-refractivity contribution < 1.29 is 14.6 Å². The normalized spacial score (nSPS) is 18.0. The number of carbonyl (C=O) groups is 1. The van der Waals surface area contributed by atoms with Crippen molar-refractivity contribution in [2.45, 2.75) is 12.5 Å². The van der Waals surface area contributed by atoms with Crippen molar-refractivity contribution in [3.63, 3.8) is 0 Å². The number of methoxy groups -OCH3 is 1. The fourth-order valence-electron chi connectivity index (χ4n) is 2.09. The highest BCUT2D eigenvalue weighted by molar-refractivity contribution is 5.96. The zero-order valence-corrected chi connectivity index (χ0v) is 10.8. The summed E-state index contributed by atoms with van der Waals surface area (Å²) in [7, 11) is 1.66. The molecule has 0 bridgehead atoms. The molecule has 1 aromatic heterocycles. The molecular weight excluding hydrogens is 244 g/mol. The Morgan fingerprint density at radius 1 is 1.68 bits per heavy atom. The second-order valence-electron chi connectivity index (χ2n) is 4.28. The number of nitrogens with zero attached hydrogens (tertiary/aromatic N) is 2. The first-order chi connectivity index (χ1) is 9.26. The highest BCUT2D eigenvalue weighted by atomic mass is 16.5. The molecule has 1 fully saturated rings. The van der Waals surface area contributed by atoms with E-state index in [4.69, 9.17) is 9.84 Å². The van der Waals surface area contributed by atoms with E-state index in [9.17, 15) is 4.79 Å². The lowest BCUT2D eigenvalue weighted by atomic mass is 10.1. The fourth-order valence-corrected chi connectivity index (χ4v) is 2.09. The summed E-state index contributed by atoms with van der Waals surface area (Å²) in [5.41, 5.74) is 1.06. The maximum Gasteiger partial charge on any atom is 0.255 e. The minimum absolute atomic E-state index is 0.0656. The molecule has 5 nitrogen and oxygen atoms in total. The molecule has 1 aliphatic heterocycles. The van der Waals surface area contributed by atoms with Gasteiger partial charge in [0.15, 0.2) is 0 Å². The first kappa shape index (κ1) is 13.5. The van der Waals surface area contributed by atoms with Crippen LogP contribution in [0.2, 0.25) is 0 Å². The summed E-state index contributed by atoms with van der Waals surface area (Å²) < 4.78 is 5.26. The van der Waals surface area contributed by atoms with E-state index in [0.29, 0.717) is 24.2 Å². The van der Waals surface area contributed by atoms with Crippen molar-refractivity contribution in [3.05, 3.63) is 29.6 Å². The van der Waals surface area contributed by atoms with Crippen LogP contribution >= 0.6 is 0 Å². The molecule has 0 aliphatic carbocycles. The van der Waals surface area contributed by atoms with E-state index >= 15 is 0 Å². The van der Waals surface area contributed by atoms with Gasteiger partial charge in [0.05, 0.1) is 17.2 Å². The van der Waals surface area contributed by atoms with E-state index in [1.54, 1.807) is 30.5 Å². The van der Waals surface area contributed by atoms with Gasteiger partial charge in [-0.15, -0.1) is 0 Å². The third-order valence-electron chi connectivity index (χ3n) is 3.12. The quantitative estimate of drug-likeness (QED) is 0.776. The number of amides is 1. The Balaban J connectivity index is 2.20. The van der Waals surface area contributed by atoms with E-state index in [1.165, 1.54) is 0 Å². The summed E-state index contributed by atoms with van der Waals surface area (Å²) >= 11 is 0. The Morgan fingerprint density at radius 2 is 2.53 bits per heavy atom. The number of aliphatic hydroxyl groups is 1. The van der Waals surface area contributed by atoms with Crippen LogP contribution < -0.4 is 0 Å². The highest BCUT2D eigenvalue weighted by Gasteiger charge is 2.27. The summed E-state index contributed by atoms with van der Waals surface area (Å²) in [6.07, 6.45) is 4.07. The standard InChI is InChI=1S/C14H16N2O3/c1-19-12-5-7-16(10-12)14(18)13-4-6-15-9-11(13)3-2-8-17/h4,6,9,12,17H,5,7-8,10H2,1H3. The molecule has 2 heterocycles. The molecule has 100 valence electrons. The second kappa shape index (κ2) is 6.32. The number of pyridine rings is 1. The number of rotatable bonds is 2. The molecule has 2 rings (SSSR count). The van der Waals surface area contributed by atoms with Gasteiger partial charge in [-0.3, -0.25) is 9.78 Å². The highest BCUT2D eigenvalue weighted by Crippen LogP contribution is 2.17. The number of likely N-dealkylation sites (tertiary alicyclic amines) is 1. The Labute approximate surface area is 112 Å². The van der Waals surface area contributed by atoms with Crippen LogP contribution in [0.5, 0.6) is 0 Å². The molecule has 19 heavy (non-hydrogen) atoms. The molecule has 1 atom stereocenters. The van der Waals surface area contributed by atoms with Crippen molar-refractivity contribution in [3.8, 4) is 11.8 Å². The molecule has 1 saturated heterocycles. The monoisotopic (exact) mass is 260 g/mol. The first-order valence-electron chi connectivity index (χ1n) is 6.12. The van der Waals surface area contributed by atoms with Gasteiger partial charge < -0.3 is 14.7 Å². The van der Waals surface area contributed by atoms with Crippen molar-refractivity contribution in [2.24, 2.45) is 0 Å². The first-order valence-corrected chi connectivity index (χ1v) is 6.12. The average Bonchev–Trinajstić information content (AvgIpc) is 2.93. The molecule has 1 amide bonds. The van der Waals surface area contributed by atoms with Crippen molar-refractivity contribution >= 4 is 5.91 Å². The van der Waals surface area contributed by atoms with E-state index in [1.807, 2.05) is 0 Å². The zero-order valence-electron chi connectivity index (χ0n) is 10.8. The van der Waals surface area contributed by atoms with Gasteiger partial charge in [0.2, 0.25) is 0 Å². The number of hydrogen-bond donors (Lipinski definition) is 1. The van der Waals surface area contributed by atoms with Gasteiger partial charge in [-0.05, 0) is 12.5 Å². The van der Waals surface area contributed by atoms with Crippen molar-refractivity contribution in [1.29, 1.82) is 0 Å². The Kier molecular flexibility index (Phi) is 4.50. The average molecular weight is 260 g/mol. The van der Waals surface area contributed by atoms with Crippen molar-refractivity contribution in [2.75, 3.05) is 26.8 Å². The van der Waals surface area contributed by atoms with Crippen LogP contribution in [0.1, 0.15) is 22.3 Å². The third kappa shape index (κ3) is 3.11. The molecule has 1 aromatic rings. The fraction of sp³-hybridized carbons (Fsp3) is 0.429. The topological polar surface area (TPSA) is 62.7 Å². The lowest BCUT2D eigenvalue weighted by Gasteiger charge is -2.16. The van der Waals surface area contributed by atoms with E-state index < -0.39 is 0 Å². The van der Waals surface area contributed by atoms with Gasteiger partial charge in [-0.1, -0.05) is 11.8 Å². The number of hydrogen-bond acceptors (Lipinski definition) is 4. The van der Waals surface area contributed by atoms with Gasteiger partial charge in [0.25, 0.3) is 5.91 Å². The van der Waals surface area contributed by atoms with Gasteiger partial charge in [-0.25, -0.2) is 0 Å². The lowest BCUT2D eigenvalue weighted by Crippen LogP contribution is -2.30. The molecule has 0 aromatic carbocycles. The van der Waals surface area contributed by atoms with Gasteiger partial charge in [0, 0.05) is 32.6 Å². The van der Waals surface area contributed by atoms with E-state index in [2.05, 4.69) is 16.8 Å². The van der Waals surface area contributed by atoms with Crippen LogP contribution in [0.25, 0.3) is 0 Å². The Hall–Kier alpha value is -1.90. The Morgan fingerprint density at radius 3 is 3.21 bits per heavy atom. The van der Waals surface area contributed by atoms with E-state index in [-0.39, 0.29) is 18.6 Å². The molecule has 0 spiro atoms. The van der Waals surface area contributed by atoms with Crippen LogP contribution in [0.4, 0.5) is 0 Å². The maximum atomic E-state index is 12.4. The smallest absolute Gasteiger partial charge is 0.255 e. The lowest BCUT2D eigenvalue weighted by molar-refractivity contribution is 0.0724. The minimum Gasteiger partial charge on any atom is -0.384 e. The predicted octanol–water partition coefficient (Wildman–Crippen LogP) is 0.286. The van der Waals surface area contributed by atoms with Crippen LogP contribution in [-0.4, -0.2) is 53.8 Å². The summed E-state index contributed by atoms with van der Waals surface area (Å²) in [6.45, 7) is 1.05.